The summed E-state index contributed by atoms with van der Waals surface area (Å²) in [6.45, 7) is 6.95. The van der Waals surface area contributed by atoms with Crippen LogP contribution in [0.15, 0.2) is 71.9 Å². The Labute approximate surface area is 177 Å². The first-order valence-electron chi connectivity index (χ1n) is 9.88. The number of benzene rings is 2. The van der Waals surface area contributed by atoms with E-state index in [1.54, 1.807) is 30.5 Å². The molecule has 0 saturated heterocycles. The number of carbonyl (C=O) groups excluding carboxylic acids is 1. The fraction of sp³-hybridized carbons (Fsp3) is 0.208. The largest absolute Gasteiger partial charge is 0.494 e. The highest BCUT2D eigenvalue weighted by atomic mass is 16.5. The van der Waals surface area contributed by atoms with Crippen molar-refractivity contribution >= 4 is 17.6 Å². The normalized spacial score (nSPS) is 11.1. The molecule has 30 heavy (non-hydrogen) atoms. The Morgan fingerprint density at radius 2 is 1.83 bits per heavy atom. The molecular formula is C24H26N4O2. The zero-order chi connectivity index (χ0) is 21.3. The van der Waals surface area contributed by atoms with Gasteiger partial charge in [0.25, 0.3) is 5.91 Å². The van der Waals surface area contributed by atoms with Gasteiger partial charge in [-0.05, 0) is 80.4 Å². The second-order valence-electron chi connectivity index (χ2n) is 6.82. The summed E-state index contributed by atoms with van der Waals surface area (Å²) in [5.41, 5.74) is 4.54. The molecule has 0 saturated carbocycles. The van der Waals surface area contributed by atoms with E-state index < -0.39 is 0 Å². The zero-order valence-corrected chi connectivity index (χ0v) is 17.5. The van der Waals surface area contributed by atoms with Gasteiger partial charge in [-0.2, -0.15) is 0 Å². The first kappa shape index (κ1) is 21.0. The number of nitrogens with one attached hydrogen (secondary N) is 2. The predicted molar refractivity (Wildman–Crippen MR) is 120 cm³/mol. The van der Waals surface area contributed by atoms with Crippen LogP contribution in [-0.2, 0) is 6.54 Å². The van der Waals surface area contributed by atoms with Crippen LogP contribution in [0.4, 0.5) is 5.69 Å². The number of rotatable bonds is 6. The lowest BCUT2D eigenvalue weighted by atomic mass is 10.1. The minimum Gasteiger partial charge on any atom is -0.494 e. The van der Waals surface area contributed by atoms with Crippen molar-refractivity contribution in [1.82, 2.24) is 10.3 Å². The Morgan fingerprint density at radius 1 is 1.03 bits per heavy atom. The highest BCUT2D eigenvalue weighted by Gasteiger charge is 2.10. The number of nitrogens with zero attached hydrogens (tertiary/aromatic N) is 2. The number of hydrogen-bond donors (Lipinski definition) is 2. The molecule has 1 heterocycles. The van der Waals surface area contributed by atoms with E-state index in [4.69, 9.17) is 4.74 Å². The lowest BCUT2D eigenvalue weighted by molar-refractivity contribution is 0.0977. The third-order valence-corrected chi connectivity index (χ3v) is 4.55. The maximum absolute atomic E-state index is 12.8. The van der Waals surface area contributed by atoms with Gasteiger partial charge in [-0.3, -0.25) is 15.1 Å². The van der Waals surface area contributed by atoms with Gasteiger partial charge in [0, 0.05) is 17.4 Å². The molecule has 0 aliphatic rings. The van der Waals surface area contributed by atoms with Crippen molar-refractivity contribution in [3.8, 4) is 5.75 Å². The molecule has 154 valence electrons. The average Bonchev–Trinajstić information content (AvgIpc) is 2.76. The van der Waals surface area contributed by atoms with Crippen molar-refractivity contribution in [2.24, 2.45) is 4.99 Å². The van der Waals surface area contributed by atoms with Gasteiger partial charge in [0.05, 0.1) is 18.8 Å². The second-order valence-corrected chi connectivity index (χ2v) is 6.82. The van der Waals surface area contributed by atoms with Crippen LogP contribution >= 0.6 is 0 Å². The highest BCUT2D eigenvalue weighted by Crippen LogP contribution is 2.15. The summed E-state index contributed by atoms with van der Waals surface area (Å²) in [5, 5.41) is 6.08. The van der Waals surface area contributed by atoms with E-state index >= 15 is 0 Å². The number of aromatic nitrogens is 1. The van der Waals surface area contributed by atoms with Crippen LogP contribution in [0.1, 0.15) is 34.1 Å². The molecule has 3 rings (SSSR count). The fourth-order valence-corrected chi connectivity index (χ4v) is 2.77. The molecule has 0 spiro atoms. The second kappa shape index (κ2) is 10.2. The van der Waals surface area contributed by atoms with E-state index in [-0.39, 0.29) is 5.91 Å². The minimum absolute atomic E-state index is 0.255. The Hall–Kier alpha value is -3.67. The molecule has 0 aliphatic carbocycles. The van der Waals surface area contributed by atoms with Gasteiger partial charge in [0.2, 0.25) is 5.96 Å². The van der Waals surface area contributed by atoms with Gasteiger partial charge >= 0.3 is 0 Å². The van der Waals surface area contributed by atoms with Crippen molar-refractivity contribution < 1.29 is 9.53 Å². The first-order chi connectivity index (χ1) is 14.5. The molecule has 1 aromatic heterocycles. The van der Waals surface area contributed by atoms with Gasteiger partial charge in [-0.25, -0.2) is 4.99 Å². The van der Waals surface area contributed by atoms with Gasteiger partial charge in [-0.15, -0.1) is 0 Å². The number of hydrogen-bond acceptors (Lipinski definition) is 4. The number of carbonyl (C=O) groups is 1. The Kier molecular flexibility index (Phi) is 7.16. The number of guanidine groups is 1. The van der Waals surface area contributed by atoms with E-state index in [0.717, 1.165) is 22.7 Å². The average molecular weight is 402 g/mol. The molecule has 6 heteroatoms. The minimum atomic E-state index is -0.255. The molecule has 0 aliphatic heterocycles. The van der Waals surface area contributed by atoms with Crippen LogP contribution < -0.4 is 15.4 Å². The van der Waals surface area contributed by atoms with Crippen molar-refractivity contribution in [2.75, 3.05) is 11.9 Å². The highest BCUT2D eigenvalue weighted by molar-refractivity contribution is 6.10. The van der Waals surface area contributed by atoms with E-state index in [9.17, 15) is 4.79 Å². The Morgan fingerprint density at radius 3 is 2.50 bits per heavy atom. The third-order valence-electron chi connectivity index (χ3n) is 4.55. The molecule has 2 N–H and O–H groups in total. The molecule has 6 nitrogen and oxygen atoms in total. The quantitative estimate of drug-likeness (QED) is 0.470. The van der Waals surface area contributed by atoms with E-state index in [0.29, 0.717) is 24.7 Å². The maximum Gasteiger partial charge on any atom is 0.257 e. The third kappa shape index (κ3) is 5.91. The lowest BCUT2D eigenvalue weighted by Gasteiger charge is -2.13. The number of aliphatic imine (C=N–C) groups is 1. The van der Waals surface area contributed by atoms with Gasteiger partial charge in [0.15, 0.2) is 0 Å². The molecule has 0 radical (unpaired) electrons. The molecule has 3 aromatic rings. The van der Waals surface area contributed by atoms with E-state index in [2.05, 4.69) is 27.5 Å². The summed E-state index contributed by atoms with van der Waals surface area (Å²) in [5.74, 6) is 0.836. The van der Waals surface area contributed by atoms with Crippen molar-refractivity contribution in [3.63, 3.8) is 0 Å². The standard InChI is InChI=1S/C24H26N4O2/c1-4-30-22-12-9-19(10-13-22)23(29)28-24(26-16-21-7-5-6-14-25-21)27-20-11-8-17(2)18(3)15-20/h5-15H,4,16H2,1-3H3,(H2,26,27,28,29). The van der Waals surface area contributed by atoms with Crippen molar-refractivity contribution in [3.05, 3.63) is 89.2 Å². The summed E-state index contributed by atoms with van der Waals surface area (Å²) >= 11 is 0. The summed E-state index contributed by atoms with van der Waals surface area (Å²) in [6.07, 6.45) is 1.72. The number of aryl methyl sites for hydroxylation is 2. The molecule has 0 bridgehead atoms. The van der Waals surface area contributed by atoms with Gasteiger partial charge < -0.3 is 10.1 Å². The van der Waals surface area contributed by atoms with Gasteiger partial charge in [-0.1, -0.05) is 12.1 Å². The summed E-state index contributed by atoms with van der Waals surface area (Å²) in [6, 6.07) is 18.7. The fourth-order valence-electron chi connectivity index (χ4n) is 2.77. The van der Waals surface area contributed by atoms with Gasteiger partial charge in [0.1, 0.15) is 5.75 Å². The van der Waals surface area contributed by atoms with Crippen LogP contribution in [0.5, 0.6) is 5.75 Å². The molecular weight excluding hydrogens is 376 g/mol. The zero-order valence-electron chi connectivity index (χ0n) is 17.5. The van der Waals surface area contributed by atoms with E-state index in [1.807, 2.05) is 50.2 Å². The SMILES string of the molecule is CCOc1ccc(C(=O)NC(=NCc2ccccn2)Nc2ccc(C)c(C)c2)cc1. The van der Waals surface area contributed by atoms with Crippen molar-refractivity contribution in [2.45, 2.75) is 27.3 Å². The van der Waals surface area contributed by atoms with Crippen LogP contribution in [-0.4, -0.2) is 23.5 Å². The molecule has 0 fully saturated rings. The van der Waals surface area contributed by atoms with E-state index in [1.165, 1.54) is 5.56 Å². The number of ether oxygens (including phenoxy) is 1. The number of amides is 1. The predicted octanol–water partition coefficient (Wildman–Crippen LogP) is 4.50. The number of pyridine rings is 1. The lowest BCUT2D eigenvalue weighted by Crippen LogP contribution is -2.36. The van der Waals surface area contributed by atoms with Crippen molar-refractivity contribution in [1.29, 1.82) is 0 Å². The monoisotopic (exact) mass is 402 g/mol. The molecule has 0 unspecified atom stereocenters. The first-order valence-corrected chi connectivity index (χ1v) is 9.88. The van der Waals surface area contributed by atoms with Crippen LogP contribution in [0.2, 0.25) is 0 Å². The summed E-state index contributed by atoms with van der Waals surface area (Å²) in [4.78, 5) is 21.6. The molecule has 2 aromatic carbocycles. The Balaban J connectivity index is 1.78. The van der Waals surface area contributed by atoms with Crippen LogP contribution in [0, 0.1) is 13.8 Å². The number of anilines is 1. The van der Waals surface area contributed by atoms with Crippen LogP contribution in [0.25, 0.3) is 0 Å². The summed E-state index contributed by atoms with van der Waals surface area (Å²) in [7, 11) is 0. The summed E-state index contributed by atoms with van der Waals surface area (Å²) < 4.78 is 5.43. The molecule has 1 amide bonds. The van der Waals surface area contributed by atoms with Crippen LogP contribution in [0.3, 0.4) is 0 Å². The molecule has 0 atom stereocenters. The maximum atomic E-state index is 12.8. The smallest absolute Gasteiger partial charge is 0.257 e. The Bertz CT molecular complexity index is 1020. The topological polar surface area (TPSA) is 75.6 Å².